The Kier molecular flexibility index (Phi) is 7.55. The van der Waals surface area contributed by atoms with E-state index in [-0.39, 0.29) is 0 Å². The molecule has 4 rings (SSSR count). The highest BCUT2D eigenvalue weighted by Gasteiger charge is 2.25. The Labute approximate surface area is 187 Å². The fraction of sp³-hybridized carbons (Fsp3) is 0.391. The first kappa shape index (κ1) is 21.4. The van der Waals surface area contributed by atoms with E-state index in [1.54, 1.807) is 6.20 Å². The monoisotopic (exact) mass is 436 g/mol. The van der Waals surface area contributed by atoms with Gasteiger partial charge in [-0.15, -0.1) is 11.8 Å². The first-order valence-electron chi connectivity index (χ1n) is 10.8. The highest BCUT2D eigenvalue weighted by atomic mass is 32.2. The lowest BCUT2D eigenvalue weighted by atomic mass is 10.2. The van der Waals surface area contributed by atoms with E-state index >= 15 is 0 Å². The maximum Gasteiger partial charge on any atom is 0.276 e. The molecule has 1 aliphatic heterocycles. The molecule has 0 spiro atoms. The zero-order valence-electron chi connectivity index (χ0n) is 17.8. The van der Waals surface area contributed by atoms with Gasteiger partial charge < -0.3 is 14.7 Å². The minimum Gasteiger partial charge on any atom is -0.357 e. The number of thioether (sulfide) groups is 1. The van der Waals surface area contributed by atoms with Crippen LogP contribution in [0, 0.1) is 5.92 Å². The zero-order valence-corrected chi connectivity index (χ0v) is 18.6. The molecule has 7 nitrogen and oxygen atoms in total. The van der Waals surface area contributed by atoms with Gasteiger partial charge in [-0.1, -0.05) is 29.4 Å². The topological polar surface area (TPSA) is 79.4 Å². The van der Waals surface area contributed by atoms with Gasteiger partial charge >= 0.3 is 0 Å². The Morgan fingerprint density at radius 2 is 2.10 bits per heavy atom. The second kappa shape index (κ2) is 10.9. The summed E-state index contributed by atoms with van der Waals surface area (Å²) < 4.78 is 5.33. The third-order valence-corrected chi connectivity index (χ3v) is 6.34. The number of pyridine rings is 1. The van der Waals surface area contributed by atoms with E-state index in [1.165, 1.54) is 11.3 Å². The Morgan fingerprint density at radius 3 is 2.90 bits per heavy atom. The first-order valence-corrected chi connectivity index (χ1v) is 11.8. The number of aromatic nitrogens is 3. The van der Waals surface area contributed by atoms with Crippen molar-refractivity contribution in [3.05, 3.63) is 60.6 Å². The average molecular weight is 437 g/mol. The van der Waals surface area contributed by atoms with Crippen LogP contribution in [0.5, 0.6) is 0 Å². The molecule has 1 atom stereocenters. The zero-order chi connectivity index (χ0) is 21.3. The number of aliphatic imine (C=N–C) groups is 1. The highest BCUT2D eigenvalue weighted by Crippen LogP contribution is 2.25. The molecule has 1 aliphatic rings. The molecule has 0 bridgehead atoms. The maximum atomic E-state index is 5.33. The van der Waals surface area contributed by atoms with Crippen molar-refractivity contribution in [2.75, 3.05) is 31.9 Å². The Bertz CT molecular complexity index is 962. The molecule has 3 aromatic rings. The molecule has 1 saturated heterocycles. The van der Waals surface area contributed by atoms with Crippen LogP contribution in [0.15, 0.2) is 69.1 Å². The van der Waals surface area contributed by atoms with Gasteiger partial charge in [0.1, 0.15) is 5.69 Å². The molecule has 1 N–H and O–H groups in total. The van der Waals surface area contributed by atoms with Crippen molar-refractivity contribution < 1.29 is 4.52 Å². The molecule has 0 radical (unpaired) electrons. The van der Waals surface area contributed by atoms with E-state index in [0.717, 1.165) is 31.3 Å². The molecule has 3 heterocycles. The lowest BCUT2D eigenvalue weighted by Gasteiger charge is -2.21. The van der Waals surface area contributed by atoms with Gasteiger partial charge in [0.2, 0.25) is 0 Å². The Balaban J connectivity index is 1.29. The number of likely N-dealkylation sites (tertiary alicyclic amines) is 1. The van der Waals surface area contributed by atoms with Gasteiger partial charge in [0.15, 0.2) is 11.8 Å². The van der Waals surface area contributed by atoms with E-state index < -0.39 is 0 Å². The molecule has 0 amide bonds. The van der Waals surface area contributed by atoms with Crippen LogP contribution >= 0.6 is 11.8 Å². The summed E-state index contributed by atoms with van der Waals surface area (Å²) in [6.07, 6.45) is 3.54. The standard InChI is InChI=1S/C23H28N6OS/c1-2-24-23(29-15-12-18(16-29)17-31-19-8-4-3-5-9-19)26-14-11-21-27-22(30-28-21)20-10-6-7-13-25-20/h3-10,13,18H,2,11-12,14-17H2,1H3,(H,24,26). The minimum absolute atomic E-state index is 0.449. The smallest absolute Gasteiger partial charge is 0.276 e. The molecule has 0 saturated carbocycles. The molecular weight excluding hydrogens is 408 g/mol. The van der Waals surface area contributed by atoms with Gasteiger partial charge in [-0.2, -0.15) is 4.98 Å². The molecule has 1 unspecified atom stereocenters. The van der Waals surface area contributed by atoms with Crippen LogP contribution in [0.1, 0.15) is 19.2 Å². The van der Waals surface area contributed by atoms with Gasteiger partial charge in [-0.3, -0.25) is 9.98 Å². The lowest BCUT2D eigenvalue weighted by Crippen LogP contribution is -2.40. The Morgan fingerprint density at radius 1 is 1.23 bits per heavy atom. The molecule has 1 fully saturated rings. The number of hydrogen-bond acceptors (Lipinski definition) is 6. The average Bonchev–Trinajstić information content (AvgIpc) is 3.48. The molecule has 2 aromatic heterocycles. The van der Waals surface area contributed by atoms with Gasteiger partial charge in [0.05, 0.1) is 0 Å². The molecule has 8 heteroatoms. The van der Waals surface area contributed by atoms with Gasteiger partial charge in [-0.25, -0.2) is 0 Å². The van der Waals surface area contributed by atoms with E-state index in [2.05, 4.69) is 62.6 Å². The van der Waals surface area contributed by atoms with Crippen molar-refractivity contribution in [3.8, 4) is 11.6 Å². The van der Waals surface area contributed by atoms with Crippen molar-refractivity contribution in [2.24, 2.45) is 10.9 Å². The predicted octanol–water partition coefficient (Wildman–Crippen LogP) is 3.75. The van der Waals surface area contributed by atoms with E-state index in [4.69, 9.17) is 9.52 Å². The van der Waals surface area contributed by atoms with Crippen LogP contribution in [0.2, 0.25) is 0 Å². The molecule has 1 aromatic carbocycles. The summed E-state index contributed by atoms with van der Waals surface area (Å²) in [4.78, 5) is 17.2. The fourth-order valence-electron chi connectivity index (χ4n) is 3.53. The van der Waals surface area contributed by atoms with Crippen molar-refractivity contribution >= 4 is 17.7 Å². The first-order chi connectivity index (χ1) is 15.3. The summed E-state index contributed by atoms with van der Waals surface area (Å²) >= 11 is 1.94. The van der Waals surface area contributed by atoms with Gasteiger partial charge in [-0.05, 0) is 43.5 Å². The number of guanidine groups is 1. The summed E-state index contributed by atoms with van der Waals surface area (Å²) in [6, 6.07) is 16.2. The summed E-state index contributed by atoms with van der Waals surface area (Å²) in [5, 5.41) is 7.50. The third kappa shape index (κ3) is 6.07. The molecular formula is C23H28N6OS. The number of nitrogens with zero attached hydrogens (tertiary/aromatic N) is 5. The molecule has 162 valence electrons. The van der Waals surface area contributed by atoms with E-state index in [9.17, 15) is 0 Å². The quantitative estimate of drug-likeness (QED) is 0.327. The van der Waals surface area contributed by atoms with Crippen LogP contribution in [-0.2, 0) is 6.42 Å². The van der Waals surface area contributed by atoms with Crippen LogP contribution in [0.4, 0.5) is 0 Å². The van der Waals surface area contributed by atoms with Gasteiger partial charge in [0.25, 0.3) is 5.89 Å². The Hall–Kier alpha value is -2.87. The summed E-state index contributed by atoms with van der Waals surface area (Å²) in [6.45, 7) is 5.65. The second-order valence-corrected chi connectivity index (χ2v) is 8.53. The summed E-state index contributed by atoms with van der Waals surface area (Å²) in [5.74, 6) is 3.89. The number of rotatable bonds is 8. The minimum atomic E-state index is 0.449. The maximum absolute atomic E-state index is 5.33. The van der Waals surface area contributed by atoms with Crippen molar-refractivity contribution in [1.82, 2.24) is 25.3 Å². The van der Waals surface area contributed by atoms with Crippen LogP contribution in [0.3, 0.4) is 0 Å². The van der Waals surface area contributed by atoms with E-state index in [1.807, 2.05) is 30.0 Å². The third-order valence-electron chi connectivity index (χ3n) is 5.10. The van der Waals surface area contributed by atoms with Crippen molar-refractivity contribution in [1.29, 1.82) is 0 Å². The molecule has 31 heavy (non-hydrogen) atoms. The van der Waals surface area contributed by atoms with Gasteiger partial charge in [0, 0.05) is 49.4 Å². The van der Waals surface area contributed by atoms with Crippen LogP contribution in [-0.4, -0.2) is 57.9 Å². The summed E-state index contributed by atoms with van der Waals surface area (Å²) in [7, 11) is 0. The highest BCUT2D eigenvalue weighted by molar-refractivity contribution is 7.99. The van der Waals surface area contributed by atoms with Crippen LogP contribution < -0.4 is 5.32 Å². The fourth-order valence-corrected chi connectivity index (χ4v) is 4.58. The lowest BCUT2D eigenvalue weighted by molar-refractivity contribution is 0.421. The summed E-state index contributed by atoms with van der Waals surface area (Å²) in [5.41, 5.74) is 0.689. The number of hydrogen-bond donors (Lipinski definition) is 1. The van der Waals surface area contributed by atoms with Crippen molar-refractivity contribution in [2.45, 2.75) is 24.7 Å². The van der Waals surface area contributed by atoms with E-state index in [0.29, 0.717) is 36.3 Å². The normalized spacial score (nSPS) is 16.6. The number of benzene rings is 1. The largest absolute Gasteiger partial charge is 0.357 e. The van der Waals surface area contributed by atoms with Crippen LogP contribution in [0.25, 0.3) is 11.6 Å². The second-order valence-electron chi connectivity index (χ2n) is 7.44. The van der Waals surface area contributed by atoms with Crippen molar-refractivity contribution in [3.63, 3.8) is 0 Å². The predicted molar refractivity (Wildman–Crippen MR) is 124 cm³/mol. The molecule has 0 aliphatic carbocycles. The number of nitrogens with one attached hydrogen (secondary N) is 1. The SMILES string of the molecule is CCNC(=NCCc1noc(-c2ccccn2)n1)N1CCC(CSc2ccccc2)C1.